The highest BCUT2D eigenvalue weighted by molar-refractivity contribution is 5.95. The van der Waals surface area contributed by atoms with Crippen molar-refractivity contribution in [2.75, 3.05) is 19.6 Å². The summed E-state index contributed by atoms with van der Waals surface area (Å²) < 4.78 is 0. The van der Waals surface area contributed by atoms with E-state index in [1.54, 1.807) is 0 Å². The lowest BCUT2D eigenvalue weighted by Crippen LogP contribution is -2.51. The summed E-state index contributed by atoms with van der Waals surface area (Å²) in [5.41, 5.74) is 5.87. The van der Waals surface area contributed by atoms with Gasteiger partial charge in [-0.3, -0.25) is 15.0 Å². The van der Waals surface area contributed by atoms with E-state index in [9.17, 15) is 9.59 Å². The van der Waals surface area contributed by atoms with Crippen LogP contribution in [0.5, 0.6) is 0 Å². The molecule has 6 heteroatoms. The lowest BCUT2D eigenvalue weighted by molar-refractivity contribution is -0.122. The Balaban J connectivity index is 1.81. The summed E-state index contributed by atoms with van der Waals surface area (Å²) in [4.78, 5) is 25.8. The Morgan fingerprint density at radius 2 is 1.90 bits per heavy atom. The van der Waals surface area contributed by atoms with Gasteiger partial charge in [0.05, 0.1) is 6.54 Å². The Morgan fingerprint density at radius 1 is 1.19 bits per heavy atom. The fourth-order valence-electron chi connectivity index (χ4n) is 3.21. The maximum Gasteiger partial charge on any atom is 0.321 e. The van der Waals surface area contributed by atoms with E-state index in [1.807, 2.05) is 0 Å². The molecule has 2 aliphatic rings. The first-order valence-corrected chi connectivity index (χ1v) is 8.18. The van der Waals surface area contributed by atoms with Crippen molar-refractivity contribution in [2.45, 2.75) is 57.5 Å². The smallest absolute Gasteiger partial charge is 0.321 e. The molecule has 0 spiro atoms. The molecule has 6 nitrogen and oxygen atoms in total. The average molecular weight is 296 g/mol. The third-order valence-corrected chi connectivity index (χ3v) is 4.56. The molecule has 2 rings (SSSR count). The average Bonchev–Trinajstić information content (AvgIpc) is 3.28. The van der Waals surface area contributed by atoms with Gasteiger partial charge in [0.2, 0.25) is 5.91 Å². The van der Waals surface area contributed by atoms with Crippen LogP contribution in [0.2, 0.25) is 0 Å². The fourth-order valence-corrected chi connectivity index (χ4v) is 3.21. The van der Waals surface area contributed by atoms with Gasteiger partial charge in [0.1, 0.15) is 0 Å². The second-order valence-electron chi connectivity index (χ2n) is 6.21. The summed E-state index contributed by atoms with van der Waals surface area (Å²) in [6.45, 7) is 3.80. The standard InChI is InChI=1S/C15H28N4O2/c1-2-19(13-6-4-3-5-11(13)9-16)10-14(20)18-15(21)17-12-7-8-12/h11-13H,2-10,16H2,1H3,(H2,17,18,20,21). The lowest BCUT2D eigenvalue weighted by atomic mass is 9.83. The molecule has 0 aromatic rings. The molecule has 2 fully saturated rings. The van der Waals surface area contributed by atoms with Crippen molar-refractivity contribution in [2.24, 2.45) is 11.7 Å². The van der Waals surface area contributed by atoms with Crippen molar-refractivity contribution in [3.8, 4) is 0 Å². The van der Waals surface area contributed by atoms with Crippen LogP contribution in [-0.4, -0.2) is 48.6 Å². The first-order chi connectivity index (χ1) is 10.1. The Kier molecular flexibility index (Phi) is 5.99. The molecule has 120 valence electrons. The summed E-state index contributed by atoms with van der Waals surface area (Å²) >= 11 is 0. The zero-order chi connectivity index (χ0) is 15.2. The van der Waals surface area contributed by atoms with Gasteiger partial charge in [0.15, 0.2) is 0 Å². The number of hydrogen-bond donors (Lipinski definition) is 3. The second-order valence-corrected chi connectivity index (χ2v) is 6.21. The maximum atomic E-state index is 12.0. The molecule has 3 amide bonds. The first-order valence-electron chi connectivity index (χ1n) is 8.18. The predicted molar refractivity (Wildman–Crippen MR) is 81.7 cm³/mol. The minimum absolute atomic E-state index is 0.226. The Bertz CT molecular complexity index is 371. The minimum atomic E-state index is -0.363. The normalized spacial score (nSPS) is 25.7. The zero-order valence-electron chi connectivity index (χ0n) is 12.9. The molecule has 0 aromatic carbocycles. The Labute approximate surface area is 126 Å². The number of hydrogen-bond acceptors (Lipinski definition) is 4. The zero-order valence-corrected chi connectivity index (χ0v) is 12.9. The topological polar surface area (TPSA) is 87.5 Å². The van der Waals surface area contributed by atoms with E-state index in [1.165, 1.54) is 12.8 Å². The van der Waals surface area contributed by atoms with Crippen LogP contribution in [0.3, 0.4) is 0 Å². The number of nitrogens with one attached hydrogen (secondary N) is 2. The largest absolute Gasteiger partial charge is 0.335 e. The Hall–Kier alpha value is -1.14. The van der Waals surface area contributed by atoms with Crippen molar-refractivity contribution in [1.82, 2.24) is 15.5 Å². The molecule has 0 saturated heterocycles. The molecule has 2 saturated carbocycles. The fraction of sp³-hybridized carbons (Fsp3) is 0.867. The van der Waals surface area contributed by atoms with E-state index in [4.69, 9.17) is 5.73 Å². The van der Waals surface area contributed by atoms with Crippen LogP contribution in [0.15, 0.2) is 0 Å². The molecular formula is C15H28N4O2. The van der Waals surface area contributed by atoms with E-state index in [-0.39, 0.29) is 24.5 Å². The van der Waals surface area contributed by atoms with Gasteiger partial charge < -0.3 is 11.1 Å². The van der Waals surface area contributed by atoms with E-state index in [0.717, 1.165) is 32.2 Å². The van der Waals surface area contributed by atoms with Crippen LogP contribution in [0, 0.1) is 5.92 Å². The highest BCUT2D eigenvalue weighted by Crippen LogP contribution is 2.27. The number of nitrogens with two attached hydrogens (primary N) is 1. The molecule has 0 radical (unpaired) electrons. The summed E-state index contributed by atoms with van der Waals surface area (Å²) in [7, 11) is 0. The minimum Gasteiger partial charge on any atom is -0.335 e. The van der Waals surface area contributed by atoms with Crippen molar-refractivity contribution >= 4 is 11.9 Å². The highest BCUT2D eigenvalue weighted by Gasteiger charge is 2.30. The van der Waals surface area contributed by atoms with Gasteiger partial charge >= 0.3 is 6.03 Å². The lowest BCUT2D eigenvalue weighted by Gasteiger charge is -2.38. The number of likely N-dealkylation sites (N-methyl/N-ethyl adjacent to an activating group) is 1. The van der Waals surface area contributed by atoms with Crippen LogP contribution in [0.25, 0.3) is 0 Å². The van der Waals surface area contributed by atoms with Gasteiger partial charge in [0.25, 0.3) is 0 Å². The molecule has 0 bridgehead atoms. The number of amides is 3. The summed E-state index contributed by atoms with van der Waals surface area (Å²) in [6, 6.07) is 0.267. The summed E-state index contributed by atoms with van der Waals surface area (Å²) in [5, 5.41) is 5.19. The summed E-state index contributed by atoms with van der Waals surface area (Å²) in [6.07, 6.45) is 6.69. The highest BCUT2D eigenvalue weighted by atomic mass is 16.2. The molecule has 0 aromatic heterocycles. The third-order valence-electron chi connectivity index (χ3n) is 4.56. The van der Waals surface area contributed by atoms with Gasteiger partial charge in [-0.1, -0.05) is 19.8 Å². The second kappa shape index (κ2) is 7.75. The van der Waals surface area contributed by atoms with Gasteiger partial charge in [0, 0.05) is 12.1 Å². The molecule has 2 unspecified atom stereocenters. The summed E-state index contributed by atoms with van der Waals surface area (Å²) in [5.74, 6) is 0.239. The first kappa shape index (κ1) is 16.2. The SMILES string of the molecule is CCN(CC(=O)NC(=O)NC1CC1)C1CCCCC1CN. The number of nitrogens with zero attached hydrogens (tertiary/aromatic N) is 1. The van der Waals surface area contributed by atoms with Gasteiger partial charge in [-0.15, -0.1) is 0 Å². The third kappa shape index (κ3) is 4.97. The van der Waals surface area contributed by atoms with E-state index in [2.05, 4.69) is 22.5 Å². The monoisotopic (exact) mass is 296 g/mol. The van der Waals surface area contributed by atoms with Crippen LogP contribution in [0.1, 0.15) is 45.4 Å². The number of carbonyl (C=O) groups is 2. The van der Waals surface area contributed by atoms with Gasteiger partial charge in [-0.05, 0) is 44.7 Å². The van der Waals surface area contributed by atoms with E-state index >= 15 is 0 Å². The molecule has 4 N–H and O–H groups in total. The van der Waals surface area contributed by atoms with E-state index in [0.29, 0.717) is 18.5 Å². The van der Waals surface area contributed by atoms with Crippen molar-refractivity contribution < 1.29 is 9.59 Å². The Morgan fingerprint density at radius 3 is 2.52 bits per heavy atom. The van der Waals surface area contributed by atoms with Gasteiger partial charge in [-0.25, -0.2) is 4.79 Å². The molecule has 0 heterocycles. The maximum absolute atomic E-state index is 12.0. The van der Waals surface area contributed by atoms with Gasteiger partial charge in [-0.2, -0.15) is 0 Å². The molecule has 21 heavy (non-hydrogen) atoms. The molecular weight excluding hydrogens is 268 g/mol. The number of carbonyl (C=O) groups excluding carboxylic acids is 2. The van der Waals surface area contributed by atoms with Crippen molar-refractivity contribution in [3.63, 3.8) is 0 Å². The van der Waals surface area contributed by atoms with Crippen LogP contribution in [0.4, 0.5) is 4.79 Å². The number of urea groups is 1. The number of rotatable bonds is 6. The quantitative estimate of drug-likeness (QED) is 0.677. The van der Waals surface area contributed by atoms with Crippen molar-refractivity contribution in [1.29, 1.82) is 0 Å². The molecule has 2 atom stereocenters. The molecule has 0 aliphatic heterocycles. The molecule has 2 aliphatic carbocycles. The predicted octanol–water partition coefficient (Wildman–Crippen LogP) is 0.814. The number of imide groups is 1. The van der Waals surface area contributed by atoms with E-state index < -0.39 is 0 Å². The van der Waals surface area contributed by atoms with Crippen LogP contribution >= 0.6 is 0 Å². The van der Waals surface area contributed by atoms with Crippen LogP contribution in [-0.2, 0) is 4.79 Å². The van der Waals surface area contributed by atoms with Crippen molar-refractivity contribution in [3.05, 3.63) is 0 Å². The van der Waals surface area contributed by atoms with Crippen LogP contribution < -0.4 is 16.4 Å².